The number of nitrogens with one attached hydrogen (secondary N) is 1. The Bertz CT molecular complexity index is 1100. The molecule has 0 radical (unpaired) electrons. The molecule has 3 atom stereocenters. The molecule has 3 unspecified atom stereocenters. The summed E-state index contributed by atoms with van der Waals surface area (Å²) in [5.41, 5.74) is 3.95. The van der Waals surface area contributed by atoms with E-state index in [0.717, 1.165) is 28.3 Å². The Labute approximate surface area is 194 Å². The number of hydrogen-bond acceptors (Lipinski definition) is 6. The fraction of sp³-hybridized carbons (Fsp3) is 0.333. The second-order valence-corrected chi connectivity index (χ2v) is 8.28. The zero-order chi connectivity index (χ0) is 23.5. The zero-order valence-corrected chi connectivity index (χ0v) is 19.4. The molecule has 1 heterocycles. The normalized spacial score (nSPS) is 22.1. The maximum atomic E-state index is 13.5. The van der Waals surface area contributed by atoms with Crippen LogP contribution < -0.4 is 14.8 Å². The Kier molecular flexibility index (Phi) is 6.54. The lowest BCUT2D eigenvalue weighted by Gasteiger charge is -2.39. The Morgan fingerprint density at radius 3 is 2.21 bits per heavy atom. The molecule has 6 nitrogen and oxygen atoms in total. The van der Waals surface area contributed by atoms with Crippen molar-refractivity contribution >= 4 is 11.8 Å². The molecule has 2 aliphatic rings. The molecule has 6 heteroatoms. The summed E-state index contributed by atoms with van der Waals surface area (Å²) < 4.78 is 15.9. The van der Waals surface area contributed by atoms with E-state index < -0.39 is 17.8 Å². The van der Waals surface area contributed by atoms with Crippen LogP contribution >= 0.6 is 0 Å². The van der Waals surface area contributed by atoms with Crippen molar-refractivity contribution in [2.24, 2.45) is 5.92 Å². The second kappa shape index (κ2) is 9.53. The Balaban J connectivity index is 1.76. The van der Waals surface area contributed by atoms with Gasteiger partial charge < -0.3 is 19.5 Å². The van der Waals surface area contributed by atoms with Gasteiger partial charge in [-0.3, -0.25) is 4.79 Å². The van der Waals surface area contributed by atoms with E-state index in [0.29, 0.717) is 24.3 Å². The Morgan fingerprint density at radius 1 is 0.970 bits per heavy atom. The molecule has 0 aromatic heterocycles. The molecule has 2 aromatic rings. The van der Waals surface area contributed by atoms with Crippen molar-refractivity contribution in [1.82, 2.24) is 5.32 Å². The first kappa shape index (κ1) is 22.6. The smallest absolute Gasteiger partial charge is 0.336 e. The van der Waals surface area contributed by atoms with Crippen molar-refractivity contribution in [2.75, 3.05) is 20.8 Å². The molecule has 1 N–H and O–H groups in total. The molecule has 1 aliphatic heterocycles. The number of ketones is 1. The summed E-state index contributed by atoms with van der Waals surface area (Å²) in [7, 11) is 3.00. The molecule has 0 saturated carbocycles. The largest absolute Gasteiger partial charge is 0.497 e. The predicted molar refractivity (Wildman–Crippen MR) is 125 cm³/mol. The number of rotatable bonds is 6. The highest BCUT2D eigenvalue weighted by Gasteiger charge is 2.44. The standard InChI is InChI=1S/C27H29NO5/c1-5-33-21-12-8-18(9-13-21)25-24(27(30)32-4)16(2)28-22-14-19(15-23(29)26(22)25)17-6-10-20(31-3)11-7-17/h6-14,19,25-26,28H,5,15H2,1-4H3. The van der Waals surface area contributed by atoms with Gasteiger partial charge in [0, 0.05) is 29.7 Å². The van der Waals surface area contributed by atoms with Crippen molar-refractivity contribution in [2.45, 2.75) is 32.1 Å². The SMILES string of the molecule is CCOc1ccc(C2C(C(=O)OC)=C(C)NC3=CC(c4ccc(OC)cc4)CC(=O)C32)cc1. The van der Waals surface area contributed by atoms with Gasteiger partial charge >= 0.3 is 5.97 Å². The topological polar surface area (TPSA) is 73.9 Å². The first-order valence-electron chi connectivity index (χ1n) is 11.1. The van der Waals surface area contributed by atoms with Gasteiger partial charge in [-0.15, -0.1) is 0 Å². The van der Waals surface area contributed by atoms with E-state index in [4.69, 9.17) is 14.2 Å². The number of fused-ring (bicyclic) bond motifs is 1. The number of esters is 1. The number of hydrogen-bond donors (Lipinski definition) is 1. The van der Waals surface area contributed by atoms with Crippen LogP contribution in [0.3, 0.4) is 0 Å². The molecule has 0 fully saturated rings. The van der Waals surface area contributed by atoms with E-state index in [1.54, 1.807) is 7.11 Å². The second-order valence-electron chi connectivity index (χ2n) is 8.28. The van der Waals surface area contributed by atoms with E-state index in [1.807, 2.05) is 62.4 Å². The maximum absolute atomic E-state index is 13.5. The summed E-state index contributed by atoms with van der Waals surface area (Å²) in [6, 6.07) is 15.4. The van der Waals surface area contributed by atoms with Gasteiger partial charge in [-0.1, -0.05) is 30.3 Å². The van der Waals surface area contributed by atoms with Gasteiger partial charge in [-0.25, -0.2) is 4.79 Å². The van der Waals surface area contributed by atoms with Gasteiger partial charge in [0.25, 0.3) is 0 Å². The summed E-state index contributed by atoms with van der Waals surface area (Å²) in [6.45, 7) is 4.35. The summed E-state index contributed by atoms with van der Waals surface area (Å²) in [4.78, 5) is 26.3. The zero-order valence-electron chi connectivity index (χ0n) is 19.4. The number of carbonyl (C=O) groups excluding carboxylic acids is 2. The van der Waals surface area contributed by atoms with E-state index in [2.05, 4.69) is 11.4 Å². The van der Waals surface area contributed by atoms with Crippen molar-refractivity contribution in [3.63, 3.8) is 0 Å². The van der Waals surface area contributed by atoms with E-state index in [9.17, 15) is 9.59 Å². The van der Waals surface area contributed by atoms with Crippen LogP contribution in [0.1, 0.15) is 43.2 Å². The van der Waals surface area contributed by atoms with Crippen molar-refractivity contribution < 1.29 is 23.8 Å². The third kappa shape index (κ3) is 4.38. The fourth-order valence-corrected chi connectivity index (χ4v) is 4.82. The minimum atomic E-state index is -0.477. The summed E-state index contributed by atoms with van der Waals surface area (Å²) >= 11 is 0. The maximum Gasteiger partial charge on any atom is 0.336 e. The van der Waals surface area contributed by atoms with Crippen molar-refractivity contribution in [3.05, 3.63) is 82.7 Å². The van der Waals surface area contributed by atoms with E-state index in [1.165, 1.54) is 7.11 Å². The first-order valence-corrected chi connectivity index (χ1v) is 11.1. The molecular formula is C27H29NO5. The minimum absolute atomic E-state index is 0.0457. The highest BCUT2D eigenvalue weighted by Crippen LogP contribution is 2.46. The molecule has 0 saturated heterocycles. The van der Waals surface area contributed by atoms with Gasteiger partial charge in [-0.05, 0) is 49.2 Å². The molecule has 4 rings (SSSR count). The summed E-state index contributed by atoms with van der Waals surface area (Å²) in [5, 5.41) is 3.34. The van der Waals surface area contributed by atoms with Crippen LogP contribution in [0.25, 0.3) is 0 Å². The molecule has 0 bridgehead atoms. The quantitative estimate of drug-likeness (QED) is 0.658. The number of carbonyl (C=O) groups is 2. The lowest BCUT2D eigenvalue weighted by atomic mass is 9.68. The molecule has 0 spiro atoms. The minimum Gasteiger partial charge on any atom is -0.497 e. The molecule has 2 aromatic carbocycles. The molecular weight excluding hydrogens is 418 g/mol. The van der Waals surface area contributed by atoms with Gasteiger partial charge in [0.15, 0.2) is 0 Å². The monoisotopic (exact) mass is 447 g/mol. The van der Waals surface area contributed by atoms with Crippen LogP contribution in [0, 0.1) is 5.92 Å². The molecule has 0 amide bonds. The number of allylic oxidation sites excluding steroid dienone is 3. The lowest BCUT2D eigenvalue weighted by molar-refractivity contribution is -0.136. The van der Waals surface area contributed by atoms with Gasteiger partial charge in [0.05, 0.1) is 32.3 Å². The highest BCUT2D eigenvalue weighted by atomic mass is 16.5. The van der Waals surface area contributed by atoms with Crippen LogP contribution in [-0.2, 0) is 14.3 Å². The average Bonchev–Trinajstić information content (AvgIpc) is 2.83. The van der Waals surface area contributed by atoms with E-state index in [-0.39, 0.29) is 11.7 Å². The van der Waals surface area contributed by atoms with Crippen molar-refractivity contribution in [3.8, 4) is 11.5 Å². The number of ether oxygens (including phenoxy) is 3. The lowest BCUT2D eigenvalue weighted by Crippen LogP contribution is -2.41. The summed E-state index contributed by atoms with van der Waals surface area (Å²) in [5.74, 6) is 0.243. The number of benzene rings is 2. The molecule has 172 valence electrons. The van der Waals surface area contributed by atoms with Gasteiger partial charge in [-0.2, -0.15) is 0 Å². The summed E-state index contributed by atoms with van der Waals surface area (Å²) in [6.07, 6.45) is 2.48. The van der Waals surface area contributed by atoms with Crippen LogP contribution in [0.4, 0.5) is 0 Å². The average molecular weight is 448 g/mol. The third-order valence-corrected chi connectivity index (χ3v) is 6.36. The van der Waals surface area contributed by atoms with Crippen LogP contribution in [-0.4, -0.2) is 32.6 Å². The molecule has 1 aliphatic carbocycles. The highest BCUT2D eigenvalue weighted by molar-refractivity contribution is 5.96. The van der Waals surface area contributed by atoms with Crippen LogP contribution in [0.5, 0.6) is 11.5 Å². The van der Waals surface area contributed by atoms with Crippen LogP contribution in [0.2, 0.25) is 0 Å². The van der Waals surface area contributed by atoms with Crippen molar-refractivity contribution in [1.29, 1.82) is 0 Å². The van der Waals surface area contributed by atoms with E-state index >= 15 is 0 Å². The third-order valence-electron chi connectivity index (χ3n) is 6.36. The van der Waals surface area contributed by atoms with Crippen LogP contribution in [0.15, 0.2) is 71.6 Å². The fourth-order valence-electron chi connectivity index (χ4n) is 4.82. The number of Topliss-reactive ketones (excluding diaryl/α,β-unsaturated/α-hetero) is 1. The molecule has 33 heavy (non-hydrogen) atoms. The first-order chi connectivity index (χ1) is 16.0. The Morgan fingerprint density at radius 2 is 1.61 bits per heavy atom. The Hall–Kier alpha value is -3.54. The number of methoxy groups -OCH3 is 2. The van der Waals surface area contributed by atoms with Gasteiger partial charge in [0.1, 0.15) is 17.3 Å². The predicted octanol–water partition coefficient (Wildman–Crippen LogP) is 4.48. The van der Waals surface area contributed by atoms with Gasteiger partial charge in [0.2, 0.25) is 0 Å².